The molecule has 0 unspecified atom stereocenters. The fourth-order valence-corrected chi connectivity index (χ4v) is 5.43. The largest absolute Gasteiger partial charge is 0.492 e. The zero-order valence-electron chi connectivity index (χ0n) is 17.3. The summed E-state index contributed by atoms with van der Waals surface area (Å²) in [7, 11) is -3.52. The molecule has 2 aromatic rings. The Morgan fingerprint density at radius 3 is 2.42 bits per heavy atom. The zero-order chi connectivity index (χ0) is 21.8. The van der Waals surface area contributed by atoms with Crippen LogP contribution in [0.5, 0.6) is 5.75 Å². The van der Waals surface area contributed by atoms with Gasteiger partial charge in [-0.05, 0) is 41.8 Å². The summed E-state index contributed by atoms with van der Waals surface area (Å²) in [6, 6.07) is 14.1. The molecule has 8 nitrogen and oxygen atoms in total. The maximum atomic E-state index is 12.7. The molecule has 2 heterocycles. The number of morpholine rings is 1. The maximum Gasteiger partial charge on any atom is 0.243 e. The molecule has 9 heteroatoms. The zero-order valence-corrected chi connectivity index (χ0v) is 18.1. The van der Waals surface area contributed by atoms with E-state index in [9.17, 15) is 13.2 Å². The molecule has 0 bridgehead atoms. The Hall–Kier alpha value is -2.46. The first kappa shape index (κ1) is 21.8. The van der Waals surface area contributed by atoms with E-state index in [4.69, 9.17) is 15.2 Å². The Bertz CT molecular complexity index is 1020. The van der Waals surface area contributed by atoms with Crippen LogP contribution >= 0.6 is 0 Å². The van der Waals surface area contributed by atoms with Crippen molar-refractivity contribution < 1.29 is 22.7 Å². The molecule has 0 saturated carbocycles. The quantitative estimate of drug-likeness (QED) is 0.682. The number of hydrogen-bond acceptors (Lipinski definition) is 6. The summed E-state index contributed by atoms with van der Waals surface area (Å²) in [5.74, 6) is 0.237. The van der Waals surface area contributed by atoms with Gasteiger partial charge in [-0.25, -0.2) is 8.42 Å². The number of hydrogen-bond donors (Lipinski definition) is 1. The molecule has 2 aliphatic rings. The average molecular weight is 446 g/mol. The highest BCUT2D eigenvalue weighted by molar-refractivity contribution is 7.89. The highest BCUT2D eigenvalue weighted by atomic mass is 32.2. The van der Waals surface area contributed by atoms with Crippen LogP contribution < -0.4 is 10.5 Å². The molecule has 31 heavy (non-hydrogen) atoms. The van der Waals surface area contributed by atoms with Gasteiger partial charge in [-0.1, -0.05) is 24.3 Å². The number of nitrogens with two attached hydrogens (primary N) is 1. The summed E-state index contributed by atoms with van der Waals surface area (Å²) in [6.45, 7) is 3.09. The minimum Gasteiger partial charge on any atom is -0.492 e. The molecule has 1 saturated heterocycles. The van der Waals surface area contributed by atoms with Crippen molar-refractivity contribution in [2.24, 2.45) is 5.73 Å². The van der Waals surface area contributed by atoms with Crippen molar-refractivity contribution in [2.45, 2.75) is 23.9 Å². The number of carbonyl (C=O) groups is 1. The van der Waals surface area contributed by atoms with Gasteiger partial charge in [0.15, 0.2) is 0 Å². The molecule has 0 radical (unpaired) electrons. The van der Waals surface area contributed by atoms with E-state index in [0.717, 1.165) is 5.56 Å². The third kappa shape index (κ3) is 4.90. The van der Waals surface area contributed by atoms with E-state index in [1.165, 1.54) is 9.87 Å². The van der Waals surface area contributed by atoms with Gasteiger partial charge in [-0.2, -0.15) is 4.31 Å². The lowest BCUT2D eigenvalue weighted by Gasteiger charge is -2.34. The Morgan fingerprint density at radius 1 is 1.06 bits per heavy atom. The third-order valence-electron chi connectivity index (χ3n) is 5.75. The van der Waals surface area contributed by atoms with Crippen molar-refractivity contribution in [2.75, 3.05) is 39.5 Å². The summed E-state index contributed by atoms with van der Waals surface area (Å²) in [4.78, 5) is 14.2. The topological polar surface area (TPSA) is 102 Å². The highest BCUT2D eigenvalue weighted by Crippen LogP contribution is 2.24. The van der Waals surface area contributed by atoms with Crippen LogP contribution in [0.15, 0.2) is 53.4 Å². The molecule has 1 atom stereocenters. The number of nitrogens with zero attached hydrogens (tertiary/aromatic N) is 2. The second-order valence-corrected chi connectivity index (χ2v) is 9.64. The van der Waals surface area contributed by atoms with Crippen molar-refractivity contribution in [3.8, 4) is 5.75 Å². The first-order valence-electron chi connectivity index (χ1n) is 10.4. The number of ether oxygens (including phenoxy) is 2. The molecule has 166 valence electrons. The van der Waals surface area contributed by atoms with Crippen molar-refractivity contribution in [3.05, 3.63) is 59.7 Å². The van der Waals surface area contributed by atoms with E-state index in [2.05, 4.69) is 6.07 Å². The third-order valence-corrected chi connectivity index (χ3v) is 7.67. The Balaban J connectivity index is 1.36. The van der Waals surface area contributed by atoms with Crippen molar-refractivity contribution in [3.63, 3.8) is 0 Å². The first-order valence-corrected chi connectivity index (χ1v) is 11.8. The smallest absolute Gasteiger partial charge is 0.243 e. The number of sulfonamides is 1. The van der Waals surface area contributed by atoms with Gasteiger partial charge in [-0.3, -0.25) is 9.69 Å². The lowest BCUT2D eigenvalue weighted by Crippen LogP contribution is -2.49. The minimum absolute atomic E-state index is 0.239. The summed E-state index contributed by atoms with van der Waals surface area (Å²) in [5, 5.41) is 0. The monoisotopic (exact) mass is 445 g/mol. The van der Waals surface area contributed by atoms with Crippen LogP contribution in [0.3, 0.4) is 0 Å². The molecule has 2 N–H and O–H groups in total. The fraction of sp³-hybridized carbons (Fsp3) is 0.409. The van der Waals surface area contributed by atoms with E-state index < -0.39 is 10.0 Å². The fourth-order valence-electron chi connectivity index (χ4n) is 4.02. The van der Waals surface area contributed by atoms with E-state index >= 15 is 0 Å². The Morgan fingerprint density at radius 2 is 1.74 bits per heavy atom. The summed E-state index contributed by atoms with van der Waals surface area (Å²) in [6.07, 6.45) is 0.597. The number of benzene rings is 2. The van der Waals surface area contributed by atoms with Crippen LogP contribution in [0.1, 0.15) is 11.1 Å². The summed E-state index contributed by atoms with van der Waals surface area (Å²) >= 11 is 0. The van der Waals surface area contributed by atoms with E-state index in [-0.39, 0.29) is 16.8 Å². The molecular weight excluding hydrogens is 418 g/mol. The number of primary amides is 1. The van der Waals surface area contributed by atoms with Crippen molar-refractivity contribution >= 4 is 15.9 Å². The number of fused-ring (bicyclic) bond motifs is 1. The van der Waals surface area contributed by atoms with Crippen LogP contribution in [-0.4, -0.2) is 69.0 Å². The van der Waals surface area contributed by atoms with Gasteiger partial charge in [0.25, 0.3) is 0 Å². The van der Waals surface area contributed by atoms with Gasteiger partial charge in [0.05, 0.1) is 24.2 Å². The number of amides is 1. The molecule has 4 rings (SSSR count). The molecule has 0 aliphatic carbocycles. The lowest BCUT2D eigenvalue weighted by molar-refractivity contribution is -0.124. The predicted molar refractivity (Wildman–Crippen MR) is 115 cm³/mol. The van der Waals surface area contributed by atoms with Gasteiger partial charge in [0.2, 0.25) is 15.9 Å². The lowest BCUT2D eigenvalue weighted by atomic mass is 9.93. The minimum atomic E-state index is -3.52. The van der Waals surface area contributed by atoms with Crippen LogP contribution in [0.2, 0.25) is 0 Å². The van der Waals surface area contributed by atoms with Crippen LogP contribution in [0, 0.1) is 0 Å². The van der Waals surface area contributed by atoms with Gasteiger partial charge in [0.1, 0.15) is 12.4 Å². The Kier molecular flexibility index (Phi) is 6.57. The van der Waals surface area contributed by atoms with Crippen LogP contribution in [-0.2, 0) is 32.5 Å². The van der Waals surface area contributed by atoms with Gasteiger partial charge >= 0.3 is 0 Å². The maximum absolute atomic E-state index is 12.7. The van der Waals surface area contributed by atoms with Crippen molar-refractivity contribution in [1.29, 1.82) is 0 Å². The highest BCUT2D eigenvalue weighted by Gasteiger charge is 2.30. The van der Waals surface area contributed by atoms with E-state index in [0.29, 0.717) is 58.2 Å². The van der Waals surface area contributed by atoms with Crippen LogP contribution in [0.25, 0.3) is 0 Å². The molecule has 1 amide bonds. The molecule has 1 fully saturated rings. The molecular formula is C22H27N3O5S. The van der Waals surface area contributed by atoms with Gasteiger partial charge in [0, 0.05) is 26.2 Å². The normalized spacial score (nSPS) is 20.2. The van der Waals surface area contributed by atoms with Gasteiger partial charge < -0.3 is 15.2 Å². The SMILES string of the molecule is NC(=O)[C@@H]1Cc2ccccc2CN1CCOc1ccc(S(=O)(=O)N2CCOCC2)cc1. The van der Waals surface area contributed by atoms with E-state index in [1.54, 1.807) is 24.3 Å². The second-order valence-electron chi connectivity index (χ2n) is 7.70. The second kappa shape index (κ2) is 9.35. The van der Waals surface area contributed by atoms with Crippen molar-refractivity contribution in [1.82, 2.24) is 9.21 Å². The van der Waals surface area contributed by atoms with Gasteiger partial charge in [-0.15, -0.1) is 0 Å². The summed E-state index contributed by atoms with van der Waals surface area (Å²) < 4.78 is 37.9. The Labute approximate surface area is 182 Å². The molecule has 0 aromatic heterocycles. The molecule has 2 aromatic carbocycles. The number of carbonyl (C=O) groups excluding carboxylic acids is 1. The van der Waals surface area contributed by atoms with E-state index in [1.807, 2.05) is 23.1 Å². The summed E-state index contributed by atoms with van der Waals surface area (Å²) in [5.41, 5.74) is 7.97. The first-order chi connectivity index (χ1) is 14.9. The molecule has 2 aliphatic heterocycles. The standard InChI is InChI=1S/C22H27N3O5S/c23-22(26)21-15-17-3-1-2-4-18(17)16-24(21)9-14-30-19-5-7-20(8-6-19)31(27,28)25-10-12-29-13-11-25/h1-8,21H,9-16H2,(H2,23,26)/t21-/m0/s1. The average Bonchev–Trinajstić information content (AvgIpc) is 2.79. The molecule has 0 spiro atoms. The van der Waals surface area contributed by atoms with Crippen LogP contribution in [0.4, 0.5) is 0 Å². The predicted octanol–water partition coefficient (Wildman–Crippen LogP) is 0.999. The number of rotatable bonds is 7.